The Morgan fingerprint density at radius 2 is 2.00 bits per heavy atom. The first-order valence-electron chi connectivity index (χ1n) is 4.52. The Bertz CT molecular complexity index is 600. The minimum Gasteiger partial charge on any atom is -0.292 e. The zero-order chi connectivity index (χ0) is 10.8. The van der Waals surface area contributed by atoms with Gasteiger partial charge in [0, 0.05) is 11.9 Å². The molecule has 0 atom stereocenters. The molecule has 0 aliphatic heterocycles. The summed E-state index contributed by atoms with van der Waals surface area (Å²) in [7, 11) is 0. The highest BCUT2D eigenvalue weighted by Gasteiger charge is 2.04. The van der Waals surface area contributed by atoms with Gasteiger partial charge in [0.1, 0.15) is 0 Å². The van der Waals surface area contributed by atoms with Crippen molar-refractivity contribution in [1.82, 2.24) is 9.55 Å². The molecule has 0 bridgehead atoms. The van der Waals surface area contributed by atoms with Gasteiger partial charge < -0.3 is 0 Å². The van der Waals surface area contributed by atoms with Gasteiger partial charge in [-0.25, -0.2) is 4.79 Å². The van der Waals surface area contributed by atoms with Gasteiger partial charge in [-0.05, 0) is 12.1 Å². The Kier molecular flexibility index (Phi) is 2.73. The molecule has 0 aliphatic carbocycles. The number of aromatic amines is 1. The van der Waals surface area contributed by atoms with Gasteiger partial charge in [-0.2, -0.15) is 0 Å². The van der Waals surface area contributed by atoms with Crippen LogP contribution in [0.2, 0.25) is 0 Å². The van der Waals surface area contributed by atoms with Crippen LogP contribution in [0.3, 0.4) is 0 Å². The van der Waals surface area contributed by atoms with E-state index in [1.165, 1.54) is 0 Å². The number of nitrogens with zero attached hydrogens (tertiary/aromatic N) is 1. The van der Waals surface area contributed by atoms with Crippen molar-refractivity contribution in [2.24, 2.45) is 0 Å². The number of hydrogen-bond donors (Lipinski definition) is 1. The minimum atomic E-state index is -0.363. The van der Waals surface area contributed by atoms with Crippen molar-refractivity contribution in [3.63, 3.8) is 0 Å². The summed E-state index contributed by atoms with van der Waals surface area (Å²) >= 11 is 3.27. The number of aryl methyl sites for hydroxylation is 1. The maximum atomic E-state index is 11.5. The van der Waals surface area contributed by atoms with Crippen molar-refractivity contribution in [2.45, 2.75) is 6.54 Å². The number of benzene rings is 1. The molecule has 4 nitrogen and oxygen atoms in total. The van der Waals surface area contributed by atoms with Crippen LogP contribution in [0.25, 0.3) is 10.9 Å². The fraction of sp³-hybridized carbons (Fsp3) is 0.200. The predicted molar refractivity (Wildman–Crippen MR) is 62.6 cm³/mol. The zero-order valence-electron chi connectivity index (χ0n) is 7.87. The van der Waals surface area contributed by atoms with E-state index in [4.69, 9.17) is 0 Å². The molecule has 0 unspecified atom stereocenters. The lowest BCUT2D eigenvalue weighted by Crippen LogP contribution is -2.30. The summed E-state index contributed by atoms with van der Waals surface area (Å²) in [6, 6.07) is 7.07. The van der Waals surface area contributed by atoms with Gasteiger partial charge in [0.2, 0.25) is 0 Å². The molecule has 0 fully saturated rings. The topological polar surface area (TPSA) is 54.9 Å². The molecule has 2 aromatic rings. The Hall–Kier alpha value is -1.36. The van der Waals surface area contributed by atoms with E-state index in [0.29, 0.717) is 22.8 Å². The molecule has 0 amide bonds. The van der Waals surface area contributed by atoms with Gasteiger partial charge >= 0.3 is 5.69 Å². The van der Waals surface area contributed by atoms with E-state index < -0.39 is 0 Å². The summed E-state index contributed by atoms with van der Waals surface area (Å²) in [5.74, 6) is 0. The van der Waals surface area contributed by atoms with Crippen LogP contribution in [-0.4, -0.2) is 14.9 Å². The van der Waals surface area contributed by atoms with Crippen molar-refractivity contribution in [3.8, 4) is 0 Å². The molecule has 0 radical (unpaired) electrons. The standard InChI is InChI=1S/C10H9BrN2O2/c11-5-6-13-8-4-2-1-3-7(8)9(14)12-10(13)15/h1-4H,5-6H2,(H,12,14,15). The Labute approximate surface area is 93.7 Å². The molecular formula is C10H9BrN2O2. The fourth-order valence-corrected chi connectivity index (χ4v) is 1.90. The van der Waals surface area contributed by atoms with Gasteiger partial charge in [0.15, 0.2) is 0 Å². The SMILES string of the molecule is O=c1[nH]c(=O)n(CCBr)c2ccccc12. The second kappa shape index (κ2) is 4.02. The van der Waals surface area contributed by atoms with Crippen LogP contribution in [0, 0.1) is 0 Å². The molecule has 0 aliphatic rings. The normalized spacial score (nSPS) is 10.7. The van der Waals surface area contributed by atoms with Crippen LogP contribution in [0.1, 0.15) is 0 Å². The van der Waals surface area contributed by atoms with Crippen molar-refractivity contribution >= 4 is 26.8 Å². The summed E-state index contributed by atoms with van der Waals surface area (Å²) < 4.78 is 1.55. The van der Waals surface area contributed by atoms with Crippen molar-refractivity contribution in [2.75, 3.05) is 5.33 Å². The maximum absolute atomic E-state index is 11.5. The lowest BCUT2D eigenvalue weighted by molar-refractivity contribution is 0.737. The van der Waals surface area contributed by atoms with Gasteiger partial charge in [-0.1, -0.05) is 28.1 Å². The lowest BCUT2D eigenvalue weighted by Gasteiger charge is -2.06. The first-order valence-corrected chi connectivity index (χ1v) is 5.64. The highest BCUT2D eigenvalue weighted by molar-refractivity contribution is 9.09. The molecule has 1 aromatic carbocycles. The van der Waals surface area contributed by atoms with E-state index in [1.54, 1.807) is 22.8 Å². The number of hydrogen-bond acceptors (Lipinski definition) is 2. The average molecular weight is 269 g/mol. The summed E-state index contributed by atoms with van der Waals surface area (Å²) in [5, 5.41) is 1.21. The molecule has 78 valence electrons. The van der Waals surface area contributed by atoms with Gasteiger partial charge in [-0.15, -0.1) is 0 Å². The molecule has 15 heavy (non-hydrogen) atoms. The monoisotopic (exact) mass is 268 g/mol. The first kappa shape index (κ1) is 10.2. The van der Waals surface area contributed by atoms with Crippen LogP contribution >= 0.6 is 15.9 Å². The Balaban J connectivity index is 2.90. The highest BCUT2D eigenvalue weighted by atomic mass is 79.9. The number of para-hydroxylation sites is 1. The number of H-pyrrole nitrogens is 1. The Morgan fingerprint density at radius 1 is 1.27 bits per heavy atom. The zero-order valence-corrected chi connectivity index (χ0v) is 9.45. The molecular weight excluding hydrogens is 260 g/mol. The number of alkyl halides is 1. The molecule has 1 aromatic heterocycles. The number of nitrogens with one attached hydrogen (secondary N) is 1. The van der Waals surface area contributed by atoms with E-state index in [1.807, 2.05) is 6.07 Å². The Morgan fingerprint density at radius 3 is 2.73 bits per heavy atom. The smallest absolute Gasteiger partial charge is 0.292 e. The first-order chi connectivity index (χ1) is 7.24. The quantitative estimate of drug-likeness (QED) is 0.829. The number of aromatic nitrogens is 2. The van der Waals surface area contributed by atoms with Crippen LogP contribution in [0.4, 0.5) is 0 Å². The lowest BCUT2D eigenvalue weighted by atomic mass is 10.2. The number of rotatable bonds is 2. The van der Waals surface area contributed by atoms with Crippen molar-refractivity contribution in [1.29, 1.82) is 0 Å². The molecule has 5 heteroatoms. The number of fused-ring (bicyclic) bond motifs is 1. The highest BCUT2D eigenvalue weighted by Crippen LogP contribution is 2.06. The second-order valence-corrected chi connectivity index (χ2v) is 3.91. The molecule has 2 rings (SSSR count). The summed E-state index contributed by atoms with van der Waals surface area (Å²) in [4.78, 5) is 25.3. The second-order valence-electron chi connectivity index (χ2n) is 3.12. The summed E-state index contributed by atoms with van der Waals surface area (Å²) in [5.41, 5.74) is -0.0229. The summed E-state index contributed by atoms with van der Waals surface area (Å²) in [6.45, 7) is 0.538. The number of halogens is 1. The third-order valence-corrected chi connectivity index (χ3v) is 2.57. The predicted octanol–water partition coefficient (Wildman–Crippen LogP) is 1.08. The average Bonchev–Trinajstić information content (AvgIpc) is 2.24. The fourth-order valence-electron chi connectivity index (χ4n) is 1.55. The summed E-state index contributed by atoms with van der Waals surface area (Å²) in [6.07, 6.45) is 0. The van der Waals surface area contributed by atoms with Gasteiger partial charge in [0.05, 0.1) is 10.9 Å². The largest absolute Gasteiger partial charge is 0.328 e. The van der Waals surface area contributed by atoms with Crippen LogP contribution < -0.4 is 11.2 Å². The third-order valence-electron chi connectivity index (χ3n) is 2.21. The van der Waals surface area contributed by atoms with E-state index in [2.05, 4.69) is 20.9 Å². The van der Waals surface area contributed by atoms with Crippen molar-refractivity contribution < 1.29 is 0 Å². The van der Waals surface area contributed by atoms with E-state index in [-0.39, 0.29) is 11.2 Å². The van der Waals surface area contributed by atoms with E-state index in [9.17, 15) is 9.59 Å². The molecule has 1 N–H and O–H groups in total. The van der Waals surface area contributed by atoms with E-state index in [0.717, 1.165) is 0 Å². The van der Waals surface area contributed by atoms with Crippen molar-refractivity contribution in [3.05, 3.63) is 45.1 Å². The van der Waals surface area contributed by atoms with Gasteiger partial charge in [-0.3, -0.25) is 14.3 Å². The van der Waals surface area contributed by atoms with E-state index >= 15 is 0 Å². The van der Waals surface area contributed by atoms with Crippen LogP contribution in [0.15, 0.2) is 33.9 Å². The van der Waals surface area contributed by atoms with Crippen LogP contribution in [0.5, 0.6) is 0 Å². The molecule has 0 saturated heterocycles. The minimum absolute atomic E-state index is 0.332. The molecule has 0 saturated carbocycles. The van der Waals surface area contributed by atoms with Gasteiger partial charge in [0.25, 0.3) is 5.56 Å². The third kappa shape index (κ3) is 1.74. The maximum Gasteiger partial charge on any atom is 0.328 e. The van der Waals surface area contributed by atoms with Crippen LogP contribution in [-0.2, 0) is 6.54 Å². The molecule has 0 spiro atoms. The molecule has 1 heterocycles.